The van der Waals surface area contributed by atoms with Crippen molar-refractivity contribution in [3.63, 3.8) is 0 Å². The van der Waals surface area contributed by atoms with Crippen molar-refractivity contribution in [2.24, 2.45) is 0 Å². The van der Waals surface area contributed by atoms with E-state index in [0.717, 1.165) is 12.1 Å². The first-order valence-electron chi connectivity index (χ1n) is 8.29. The van der Waals surface area contributed by atoms with Gasteiger partial charge in [-0.25, -0.2) is 9.78 Å². The van der Waals surface area contributed by atoms with Gasteiger partial charge in [0, 0.05) is 25.9 Å². The number of carbonyl (C=O) groups excluding carboxylic acids is 1. The normalized spacial score (nSPS) is 16.5. The van der Waals surface area contributed by atoms with E-state index in [1.54, 1.807) is 26.8 Å². The first-order chi connectivity index (χ1) is 12.5. The number of aromatic nitrogens is 1. The van der Waals surface area contributed by atoms with Gasteiger partial charge in [0.1, 0.15) is 29.0 Å². The minimum atomic E-state index is -4.63. The summed E-state index contributed by atoms with van der Waals surface area (Å²) in [6.45, 7) is 5.76. The van der Waals surface area contributed by atoms with Crippen LogP contribution < -0.4 is 4.74 Å². The van der Waals surface area contributed by atoms with E-state index in [-0.39, 0.29) is 11.4 Å². The highest BCUT2D eigenvalue weighted by atomic mass is 19.4. The van der Waals surface area contributed by atoms with E-state index in [9.17, 15) is 18.0 Å². The maximum Gasteiger partial charge on any atom is 0.528 e. The molecular weight excluding hydrogens is 367 g/mol. The van der Waals surface area contributed by atoms with Gasteiger partial charge in [-0.1, -0.05) is 0 Å². The molecule has 0 unspecified atom stereocenters. The molecule has 1 aromatic heterocycles. The van der Waals surface area contributed by atoms with Gasteiger partial charge in [0.05, 0.1) is 0 Å². The summed E-state index contributed by atoms with van der Waals surface area (Å²) < 4.78 is 49.0. The Balaban J connectivity index is 1.94. The fraction of sp³-hybridized carbons (Fsp3) is 0.588. The average Bonchev–Trinajstić information content (AvgIpc) is 2.54. The molecule has 148 valence electrons. The topological polar surface area (TPSA) is 84.7 Å². The molecule has 0 aromatic carbocycles. The van der Waals surface area contributed by atoms with Gasteiger partial charge in [-0.15, -0.1) is 5.06 Å². The third kappa shape index (κ3) is 6.29. The molecule has 0 atom stereocenters. The molecule has 7 nitrogen and oxygen atoms in total. The lowest BCUT2D eigenvalue weighted by Gasteiger charge is -2.31. The minimum Gasteiger partial charge on any atom is -0.473 e. The lowest BCUT2D eigenvalue weighted by Crippen LogP contribution is -2.40. The van der Waals surface area contributed by atoms with Crippen LogP contribution in [0.1, 0.15) is 44.9 Å². The second-order valence-corrected chi connectivity index (χ2v) is 6.96. The molecule has 0 aliphatic carbocycles. The maximum absolute atomic E-state index is 12.8. The molecule has 0 N–H and O–H groups in total. The highest BCUT2D eigenvalue weighted by Gasteiger charge is 2.34. The first-order valence-corrected chi connectivity index (χ1v) is 8.29. The van der Waals surface area contributed by atoms with E-state index in [1.807, 2.05) is 0 Å². The SMILES string of the molecule is CC(C)(C)OC(=O)ON1CCC(Oc2nc(C(F)(F)F)ccc2C#N)CC1. The third-order valence-corrected chi connectivity index (χ3v) is 3.54. The third-order valence-electron chi connectivity index (χ3n) is 3.54. The van der Waals surface area contributed by atoms with E-state index in [1.165, 1.54) is 5.06 Å². The average molecular weight is 387 g/mol. The Kier molecular flexibility index (Phi) is 6.15. The molecule has 27 heavy (non-hydrogen) atoms. The zero-order valence-electron chi connectivity index (χ0n) is 15.2. The highest BCUT2D eigenvalue weighted by Crippen LogP contribution is 2.31. The molecule has 0 spiro atoms. The fourth-order valence-corrected chi connectivity index (χ4v) is 2.35. The smallest absolute Gasteiger partial charge is 0.473 e. The van der Waals surface area contributed by atoms with Crippen LogP contribution in [0, 0.1) is 11.3 Å². The van der Waals surface area contributed by atoms with Crippen LogP contribution in [-0.4, -0.2) is 41.0 Å². The molecule has 0 bridgehead atoms. The van der Waals surface area contributed by atoms with Crippen molar-refractivity contribution >= 4 is 6.16 Å². The Labute approximate surface area is 154 Å². The summed E-state index contributed by atoms with van der Waals surface area (Å²) in [4.78, 5) is 20.1. The van der Waals surface area contributed by atoms with Gasteiger partial charge in [0.25, 0.3) is 0 Å². The molecule has 0 amide bonds. The van der Waals surface area contributed by atoms with Crippen molar-refractivity contribution in [3.8, 4) is 11.9 Å². The van der Waals surface area contributed by atoms with Gasteiger partial charge >= 0.3 is 12.3 Å². The summed E-state index contributed by atoms with van der Waals surface area (Å²) in [5, 5.41) is 10.4. The standard InChI is InChI=1S/C17H20F3N3O4/c1-16(2,3)26-15(24)27-23-8-6-12(7-9-23)25-14-11(10-21)4-5-13(22-14)17(18,19)20/h4-5,12H,6-9H2,1-3H3. The van der Waals surface area contributed by atoms with Crippen molar-refractivity contribution in [2.45, 2.75) is 51.5 Å². The van der Waals surface area contributed by atoms with Crippen LogP contribution in [-0.2, 0) is 15.8 Å². The van der Waals surface area contributed by atoms with Crippen LogP contribution >= 0.6 is 0 Å². The zero-order chi connectivity index (χ0) is 20.2. The quantitative estimate of drug-likeness (QED) is 0.732. The number of nitriles is 1. The number of carbonyl (C=O) groups is 1. The molecule has 1 aromatic rings. The van der Waals surface area contributed by atoms with Crippen LogP contribution in [0.5, 0.6) is 5.88 Å². The van der Waals surface area contributed by atoms with E-state index in [2.05, 4.69) is 4.98 Å². The first kappa shape index (κ1) is 20.8. The molecule has 1 saturated heterocycles. The van der Waals surface area contributed by atoms with Crippen molar-refractivity contribution < 1.29 is 32.3 Å². The van der Waals surface area contributed by atoms with Crippen LogP contribution in [0.4, 0.5) is 18.0 Å². The van der Waals surface area contributed by atoms with Crippen LogP contribution in [0.25, 0.3) is 0 Å². The van der Waals surface area contributed by atoms with E-state index in [4.69, 9.17) is 19.6 Å². The minimum absolute atomic E-state index is 0.0737. The van der Waals surface area contributed by atoms with Gasteiger partial charge in [-0.2, -0.15) is 18.4 Å². The van der Waals surface area contributed by atoms with Crippen molar-refractivity contribution in [1.82, 2.24) is 10.0 Å². The molecule has 10 heteroatoms. The van der Waals surface area contributed by atoms with Gasteiger partial charge in [0.15, 0.2) is 0 Å². The number of halogens is 3. The number of hydroxylamine groups is 2. The molecule has 1 fully saturated rings. The lowest BCUT2D eigenvalue weighted by molar-refractivity contribution is -0.159. The number of piperidine rings is 1. The second kappa shape index (κ2) is 8.00. The number of ether oxygens (including phenoxy) is 2. The van der Waals surface area contributed by atoms with E-state index >= 15 is 0 Å². The monoisotopic (exact) mass is 387 g/mol. The number of hydrogen-bond acceptors (Lipinski definition) is 7. The molecule has 0 radical (unpaired) electrons. The summed E-state index contributed by atoms with van der Waals surface area (Å²) in [6.07, 6.45) is -5.15. The molecule has 2 rings (SSSR count). The van der Waals surface area contributed by atoms with Crippen molar-refractivity contribution in [1.29, 1.82) is 5.26 Å². The summed E-state index contributed by atoms with van der Waals surface area (Å²) in [5.74, 6) is -0.348. The molecule has 2 heterocycles. The van der Waals surface area contributed by atoms with E-state index < -0.39 is 29.7 Å². The predicted octanol–water partition coefficient (Wildman–Crippen LogP) is 3.68. The number of hydrogen-bond donors (Lipinski definition) is 0. The van der Waals surface area contributed by atoms with Gasteiger partial charge in [-0.05, 0) is 32.9 Å². The van der Waals surface area contributed by atoms with Crippen LogP contribution in [0.2, 0.25) is 0 Å². The zero-order valence-corrected chi connectivity index (χ0v) is 15.2. The Morgan fingerprint density at radius 3 is 2.41 bits per heavy atom. The van der Waals surface area contributed by atoms with Crippen molar-refractivity contribution in [3.05, 3.63) is 23.4 Å². The number of pyridine rings is 1. The predicted molar refractivity (Wildman–Crippen MR) is 86.5 cm³/mol. The second-order valence-electron chi connectivity index (χ2n) is 6.96. The van der Waals surface area contributed by atoms with Crippen molar-refractivity contribution in [2.75, 3.05) is 13.1 Å². The summed E-state index contributed by atoms with van der Waals surface area (Å²) >= 11 is 0. The largest absolute Gasteiger partial charge is 0.528 e. The Morgan fingerprint density at radius 2 is 1.89 bits per heavy atom. The number of rotatable bonds is 3. The molecular formula is C17H20F3N3O4. The summed E-state index contributed by atoms with van der Waals surface area (Å²) in [5.41, 5.74) is -1.88. The van der Waals surface area contributed by atoms with Crippen LogP contribution in [0.3, 0.4) is 0 Å². The van der Waals surface area contributed by atoms with Gasteiger partial charge < -0.3 is 14.3 Å². The Bertz CT molecular complexity index is 718. The van der Waals surface area contributed by atoms with Crippen LogP contribution in [0.15, 0.2) is 12.1 Å². The fourth-order valence-electron chi connectivity index (χ4n) is 2.35. The molecule has 1 aliphatic heterocycles. The molecule has 0 saturated carbocycles. The Morgan fingerprint density at radius 1 is 1.26 bits per heavy atom. The van der Waals surface area contributed by atoms with Gasteiger partial charge in [0.2, 0.25) is 5.88 Å². The highest BCUT2D eigenvalue weighted by molar-refractivity contribution is 5.60. The maximum atomic E-state index is 12.8. The van der Waals surface area contributed by atoms with E-state index in [0.29, 0.717) is 25.9 Å². The number of nitrogens with zero attached hydrogens (tertiary/aromatic N) is 3. The number of alkyl halides is 3. The molecule has 1 aliphatic rings. The lowest BCUT2D eigenvalue weighted by atomic mass is 10.1. The summed E-state index contributed by atoms with van der Waals surface area (Å²) in [7, 11) is 0. The summed E-state index contributed by atoms with van der Waals surface area (Å²) in [6, 6.07) is 3.54. The van der Waals surface area contributed by atoms with Gasteiger partial charge in [-0.3, -0.25) is 0 Å². The Hall–Kier alpha value is -2.54.